The molecule has 0 aliphatic rings. The largest absolute Gasteiger partial charge is 0.481 e. The molecule has 0 amide bonds. The van der Waals surface area contributed by atoms with Gasteiger partial charge in [0.2, 0.25) is 0 Å². The quantitative estimate of drug-likeness (QED) is 0.456. The highest BCUT2D eigenvalue weighted by atomic mass is 127. The van der Waals surface area contributed by atoms with E-state index in [-0.39, 0.29) is 12.6 Å². The van der Waals surface area contributed by atoms with Crippen molar-refractivity contribution in [1.82, 2.24) is 0 Å². The van der Waals surface area contributed by atoms with Crippen molar-refractivity contribution in [3.05, 3.63) is 27.8 Å². The Labute approximate surface area is 109 Å². The topological polar surface area (TPSA) is 35.5 Å². The summed E-state index contributed by atoms with van der Waals surface area (Å²) in [7, 11) is 0. The van der Waals surface area contributed by atoms with Crippen molar-refractivity contribution < 1.29 is 14.3 Å². The van der Waals surface area contributed by atoms with E-state index in [0.29, 0.717) is 6.61 Å². The maximum Gasteiger partial charge on any atom is 0.344 e. The molecule has 0 radical (unpaired) electrons. The van der Waals surface area contributed by atoms with E-state index < -0.39 is 0 Å². The number of halogens is 1. The van der Waals surface area contributed by atoms with Gasteiger partial charge in [0.05, 0.1) is 10.2 Å². The van der Waals surface area contributed by atoms with E-state index in [1.54, 1.807) is 0 Å². The summed E-state index contributed by atoms with van der Waals surface area (Å²) in [4.78, 5) is 11.3. The smallest absolute Gasteiger partial charge is 0.344 e. The Bertz CT molecular complexity index is 339. The van der Waals surface area contributed by atoms with E-state index in [4.69, 9.17) is 9.47 Å². The SMILES string of the molecule is CCCCOC(=O)COc1ccccc1I. The molecule has 0 fully saturated rings. The first-order chi connectivity index (χ1) is 7.74. The van der Waals surface area contributed by atoms with E-state index >= 15 is 0 Å². The zero-order valence-electron chi connectivity index (χ0n) is 9.24. The van der Waals surface area contributed by atoms with Gasteiger partial charge in [-0.25, -0.2) is 4.79 Å². The Balaban J connectivity index is 2.29. The van der Waals surface area contributed by atoms with Crippen LogP contribution in [0.25, 0.3) is 0 Å². The van der Waals surface area contributed by atoms with Crippen LogP contribution in [0.4, 0.5) is 0 Å². The average molecular weight is 334 g/mol. The lowest BCUT2D eigenvalue weighted by atomic mass is 10.3. The van der Waals surface area contributed by atoms with Gasteiger partial charge in [-0.1, -0.05) is 25.5 Å². The van der Waals surface area contributed by atoms with E-state index in [9.17, 15) is 4.79 Å². The molecule has 0 saturated carbocycles. The van der Waals surface area contributed by atoms with Crippen LogP contribution in [0.2, 0.25) is 0 Å². The average Bonchev–Trinajstić information content (AvgIpc) is 2.28. The monoisotopic (exact) mass is 334 g/mol. The summed E-state index contributed by atoms with van der Waals surface area (Å²) < 4.78 is 11.3. The van der Waals surface area contributed by atoms with E-state index in [1.807, 2.05) is 24.3 Å². The van der Waals surface area contributed by atoms with Crippen LogP contribution >= 0.6 is 22.6 Å². The van der Waals surface area contributed by atoms with Crippen molar-refractivity contribution in [2.24, 2.45) is 0 Å². The molecule has 16 heavy (non-hydrogen) atoms. The minimum atomic E-state index is -0.312. The number of carbonyl (C=O) groups is 1. The number of rotatable bonds is 6. The maximum atomic E-state index is 11.3. The van der Waals surface area contributed by atoms with Crippen molar-refractivity contribution in [2.45, 2.75) is 19.8 Å². The van der Waals surface area contributed by atoms with Gasteiger partial charge in [0.25, 0.3) is 0 Å². The standard InChI is InChI=1S/C12H15IO3/c1-2-3-8-15-12(14)9-16-11-7-5-4-6-10(11)13/h4-7H,2-3,8-9H2,1H3. The number of ether oxygens (including phenoxy) is 2. The number of benzene rings is 1. The Kier molecular flexibility index (Phi) is 6.22. The molecular formula is C12H15IO3. The van der Waals surface area contributed by atoms with Crippen LogP contribution in [0.15, 0.2) is 24.3 Å². The Morgan fingerprint density at radius 2 is 2.12 bits per heavy atom. The Hall–Kier alpha value is -0.780. The molecule has 0 aliphatic carbocycles. The molecule has 0 unspecified atom stereocenters. The van der Waals surface area contributed by atoms with Crippen LogP contribution in [0.1, 0.15) is 19.8 Å². The molecule has 0 atom stereocenters. The van der Waals surface area contributed by atoms with Crippen molar-refractivity contribution in [3.63, 3.8) is 0 Å². The van der Waals surface area contributed by atoms with Crippen LogP contribution in [-0.4, -0.2) is 19.2 Å². The van der Waals surface area contributed by atoms with Crippen molar-refractivity contribution in [1.29, 1.82) is 0 Å². The van der Waals surface area contributed by atoms with Gasteiger partial charge in [0.15, 0.2) is 6.61 Å². The van der Waals surface area contributed by atoms with Gasteiger partial charge in [-0.15, -0.1) is 0 Å². The summed E-state index contributed by atoms with van der Waals surface area (Å²) in [5.74, 6) is 0.406. The maximum absolute atomic E-state index is 11.3. The summed E-state index contributed by atoms with van der Waals surface area (Å²) >= 11 is 2.16. The summed E-state index contributed by atoms with van der Waals surface area (Å²) in [5.41, 5.74) is 0. The van der Waals surface area contributed by atoms with E-state index in [1.165, 1.54) is 0 Å². The first-order valence-corrected chi connectivity index (χ1v) is 6.35. The molecule has 0 N–H and O–H groups in total. The van der Waals surface area contributed by atoms with Crippen molar-refractivity contribution >= 4 is 28.6 Å². The predicted octanol–water partition coefficient (Wildman–Crippen LogP) is 3.01. The number of hydrogen-bond donors (Lipinski definition) is 0. The third kappa shape index (κ3) is 4.83. The summed E-state index contributed by atoms with van der Waals surface area (Å²) in [6, 6.07) is 7.56. The van der Waals surface area contributed by atoms with Crippen LogP contribution in [0, 0.1) is 3.57 Å². The number of para-hydroxylation sites is 1. The molecule has 0 aromatic heterocycles. The predicted molar refractivity (Wildman–Crippen MR) is 70.5 cm³/mol. The molecule has 1 aromatic rings. The lowest BCUT2D eigenvalue weighted by Gasteiger charge is -2.07. The van der Waals surface area contributed by atoms with Gasteiger partial charge in [0, 0.05) is 0 Å². The van der Waals surface area contributed by atoms with Gasteiger partial charge in [0.1, 0.15) is 5.75 Å². The van der Waals surface area contributed by atoms with Crippen molar-refractivity contribution in [2.75, 3.05) is 13.2 Å². The second-order valence-electron chi connectivity index (χ2n) is 3.29. The number of carbonyl (C=O) groups excluding carboxylic acids is 1. The molecule has 0 saturated heterocycles. The second-order valence-corrected chi connectivity index (χ2v) is 4.46. The molecule has 0 heterocycles. The van der Waals surface area contributed by atoms with E-state index in [2.05, 4.69) is 29.5 Å². The van der Waals surface area contributed by atoms with Gasteiger partial charge in [-0.05, 0) is 41.1 Å². The Morgan fingerprint density at radius 1 is 1.38 bits per heavy atom. The normalized spacial score (nSPS) is 9.88. The molecule has 0 aliphatic heterocycles. The lowest BCUT2D eigenvalue weighted by Crippen LogP contribution is -2.15. The molecule has 1 aromatic carbocycles. The lowest BCUT2D eigenvalue weighted by molar-refractivity contribution is -0.146. The zero-order chi connectivity index (χ0) is 11.8. The van der Waals surface area contributed by atoms with Crippen LogP contribution < -0.4 is 4.74 Å². The summed E-state index contributed by atoms with van der Waals surface area (Å²) in [6.07, 6.45) is 1.92. The van der Waals surface area contributed by atoms with Crippen molar-refractivity contribution in [3.8, 4) is 5.75 Å². The van der Waals surface area contributed by atoms with Crippen LogP contribution in [-0.2, 0) is 9.53 Å². The van der Waals surface area contributed by atoms with Gasteiger partial charge in [-0.3, -0.25) is 0 Å². The van der Waals surface area contributed by atoms with E-state index in [0.717, 1.165) is 22.2 Å². The highest BCUT2D eigenvalue weighted by Gasteiger charge is 2.05. The Morgan fingerprint density at radius 3 is 2.81 bits per heavy atom. The number of unbranched alkanes of at least 4 members (excludes halogenated alkanes) is 1. The molecule has 1 rings (SSSR count). The zero-order valence-corrected chi connectivity index (χ0v) is 11.4. The molecule has 3 nitrogen and oxygen atoms in total. The van der Waals surface area contributed by atoms with Gasteiger partial charge in [-0.2, -0.15) is 0 Å². The summed E-state index contributed by atoms with van der Waals surface area (Å²) in [6.45, 7) is 2.50. The molecule has 0 bridgehead atoms. The van der Waals surface area contributed by atoms with Gasteiger partial charge >= 0.3 is 5.97 Å². The minimum absolute atomic E-state index is 0.0241. The third-order valence-corrected chi connectivity index (χ3v) is 2.83. The molecular weight excluding hydrogens is 319 g/mol. The van der Waals surface area contributed by atoms with Gasteiger partial charge < -0.3 is 9.47 Å². The first kappa shape index (κ1) is 13.3. The molecule has 4 heteroatoms. The minimum Gasteiger partial charge on any atom is -0.481 e. The second kappa shape index (κ2) is 7.49. The summed E-state index contributed by atoms with van der Waals surface area (Å²) in [5, 5.41) is 0. The number of hydrogen-bond acceptors (Lipinski definition) is 3. The number of esters is 1. The molecule has 88 valence electrons. The highest BCUT2D eigenvalue weighted by Crippen LogP contribution is 2.19. The third-order valence-electron chi connectivity index (χ3n) is 1.94. The fourth-order valence-electron chi connectivity index (χ4n) is 1.07. The van der Waals surface area contributed by atoms with Crippen LogP contribution in [0.5, 0.6) is 5.75 Å². The van der Waals surface area contributed by atoms with Crippen LogP contribution in [0.3, 0.4) is 0 Å². The fourth-order valence-corrected chi connectivity index (χ4v) is 1.61. The first-order valence-electron chi connectivity index (χ1n) is 5.27. The highest BCUT2D eigenvalue weighted by molar-refractivity contribution is 14.1. The molecule has 0 spiro atoms. The fraction of sp³-hybridized carbons (Fsp3) is 0.417.